The van der Waals surface area contributed by atoms with Crippen LogP contribution < -0.4 is 0 Å². The number of nitriles is 1. The van der Waals surface area contributed by atoms with Crippen molar-refractivity contribution in [1.29, 1.82) is 5.26 Å². The summed E-state index contributed by atoms with van der Waals surface area (Å²) < 4.78 is 0. The monoisotopic (exact) mass is 305 g/mol. The first-order valence-electron chi connectivity index (χ1n) is 7.00. The number of rotatable bonds is 6. The number of aromatic nitrogens is 2. The van der Waals surface area contributed by atoms with E-state index in [4.69, 9.17) is 5.26 Å². The molecule has 1 saturated carbocycles. The van der Waals surface area contributed by atoms with Gasteiger partial charge < -0.3 is 5.11 Å². The summed E-state index contributed by atoms with van der Waals surface area (Å²) in [7, 11) is 0. The number of aryl methyl sites for hydroxylation is 1. The van der Waals surface area contributed by atoms with Crippen LogP contribution in [0.25, 0.3) is 0 Å². The maximum absolute atomic E-state index is 11.4. The maximum Gasteiger partial charge on any atom is 0.340 e. The molecule has 112 valence electrons. The van der Waals surface area contributed by atoms with Gasteiger partial charge in [-0.2, -0.15) is 5.26 Å². The fourth-order valence-electron chi connectivity index (χ4n) is 1.90. The zero-order valence-electron chi connectivity index (χ0n) is 12.5. The first-order chi connectivity index (χ1) is 9.84. The molecule has 1 heterocycles. The second-order valence-electron chi connectivity index (χ2n) is 6.02. The highest BCUT2D eigenvalue weighted by Crippen LogP contribution is 2.39. The Morgan fingerprint density at radius 2 is 2.14 bits per heavy atom. The molecule has 6 heteroatoms. The smallest absolute Gasteiger partial charge is 0.340 e. The summed E-state index contributed by atoms with van der Waals surface area (Å²) in [6.07, 6.45) is 2.85. The van der Waals surface area contributed by atoms with Gasteiger partial charge in [-0.05, 0) is 40.0 Å². The van der Waals surface area contributed by atoms with Gasteiger partial charge in [0.25, 0.3) is 0 Å². The summed E-state index contributed by atoms with van der Waals surface area (Å²) in [4.78, 5) is 20.2. The van der Waals surface area contributed by atoms with E-state index in [9.17, 15) is 9.90 Å². The van der Waals surface area contributed by atoms with Gasteiger partial charge >= 0.3 is 5.97 Å². The molecule has 21 heavy (non-hydrogen) atoms. The molecule has 1 fully saturated rings. The molecule has 0 amide bonds. The molecule has 1 N–H and O–H groups in total. The first-order valence-corrected chi connectivity index (χ1v) is 7.98. The minimum atomic E-state index is -0.989. The van der Waals surface area contributed by atoms with Gasteiger partial charge in [0.2, 0.25) is 0 Å². The summed E-state index contributed by atoms with van der Waals surface area (Å²) in [5, 5.41) is 18.9. The highest BCUT2D eigenvalue weighted by molar-refractivity contribution is 7.99. The third-order valence-corrected chi connectivity index (χ3v) is 4.48. The summed E-state index contributed by atoms with van der Waals surface area (Å²) >= 11 is 1.41. The number of thioether (sulfide) groups is 1. The zero-order valence-corrected chi connectivity index (χ0v) is 13.3. The van der Waals surface area contributed by atoms with Crippen LogP contribution in [0.4, 0.5) is 0 Å². The molecular weight excluding hydrogens is 286 g/mol. The molecule has 0 unspecified atom stereocenters. The quantitative estimate of drug-likeness (QED) is 0.640. The second kappa shape index (κ2) is 6.02. The Bertz CT molecular complexity index is 604. The van der Waals surface area contributed by atoms with E-state index >= 15 is 0 Å². The maximum atomic E-state index is 11.4. The van der Waals surface area contributed by atoms with Crippen LogP contribution in [0.3, 0.4) is 0 Å². The topological polar surface area (TPSA) is 86.9 Å². The Morgan fingerprint density at radius 3 is 2.67 bits per heavy atom. The van der Waals surface area contributed by atoms with Crippen LogP contribution in [0.15, 0.2) is 5.03 Å². The standard InChI is InChI=1S/C15H19N3O2S/c1-9-11(14(19)20)13(18-12(17-9)10-4-5-10)21-7-6-15(2,3)8-16/h10H,4-7H2,1-3H3,(H,19,20). The van der Waals surface area contributed by atoms with Crippen molar-refractivity contribution < 1.29 is 9.90 Å². The third-order valence-electron chi connectivity index (χ3n) is 3.50. The van der Waals surface area contributed by atoms with E-state index in [-0.39, 0.29) is 5.56 Å². The van der Waals surface area contributed by atoms with Crippen molar-refractivity contribution in [2.24, 2.45) is 5.41 Å². The van der Waals surface area contributed by atoms with Crippen LogP contribution in [0.5, 0.6) is 0 Å². The Kier molecular flexibility index (Phi) is 4.52. The summed E-state index contributed by atoms with van der Waals surface area (Å²) in [5.74, 6) is 0.833. The van der Waals surface area contributed by atoms with E-state index in [0.717, 1.165) is 18.7 Å². The van der Waals surface area contributed by atoms with Crippen LogP contribution in [-0.4, -0.2) is 26.8 Å². The summed E-state index contributed by atoms with van der Waals surface area (Å²) in [5.41, 5.74) is 0.318. The lowest BCUT2D eigenvalue weighted by molar-refractivity contribution is 0.0690. The normalized spacial score (nSPS) is 14.8. The molecule has 1 aromatic heterocycles. The lowest BCUT2D eigenvalue weighted by Gasteiger charge is -2.15. The molecule has 0 spiro atoms. The fraction of sp³-hybridized carbons (Fsp3) is 0.600. The van der Waals surface area contributed by atoms with Gasteiger partial charge in [0.05, 0.1) is 17.2 Å². The average molecular weight is 305 g/mol. The minimum absolute atomic E-state index is 0.194. The summed E-state index contributed by atoms with van der Waals surface area (Å²) in [6, 6.07) is 2.25. The Balaban J connectivity index is 2.20. The van der Waals surface area contributed by atoms with Gasteiger partial charge in [0.1, 0.15) is 16.4 Å². The van der Waals surface area contributed by atoms with Crippen molar-refractivity contribution in [1.82, 2.24) is 9.97 Å². The number of carboxylic acids is 1. The molecule has 5 nitrogen and oxygen atoms in total. The average Bonchev–Trinajstić information content (AvgIpc) is 3.21. The van der Waals surface area contributed by atoms with Crippen molar-refractivity contribution in [3.05, 3.63) is 17.1 Å². The van der Waals surface area contributed by atoms with Crippen molar-refractivity contribution in [3.8, 4) is 6.07 Å². The first kappa shape index (κ1) is 15.8. The van der Waals surface area contributed by atoms with Gasteiger partial charge in [-0.3, -0.25) is 0 Å². The lowest BCUT2D eigenvalue weighted by Crippen LogP contribution is -2.11. The van der Waals surface area contributed by atoms with E-state index < -0.39 is 11.4 Å². The van der Waals surface area contributed by atoms with Crippen LogP contribution in [-0.2, 0) is 0 Å². The van der Waals surface area contributed by atoms with Crippen LogP contribution >= 0.6 is 11.8 Å². The van der Waals surface area contributed by atoms with Crippen molar-refractivity contribution in [2.45, 2.75) is 51.0 Å². The minimum Gasteiger partial charge on any atom is -0.478 e. The molecule has 0 bridgehead atoms. The highest BCUT2D eigenvalue weighted by Gasteiger charge is 2.29. The molecule has 0 atom stereocenters. The zero-order chi connectivity index (χ0) is 15.6. The number of aromatic carboxylic acids is 1. The Morgan fingerprint density at radius 1 is 1.48 bits per heavy atom. The SMILES string of the molecule is Cc1nc(C2CC2)nc(SCCC(C)(C)C#N)c1C(=O)O. The van der Waals surface area contributed by atoms with Gasteiger partial charge in [0, 0.05) is 11.7 Å². The molecule has 2 rings (SSSR count). The van der Waals surface area contributed by atoms with Crippen molar-refractivity contribution in [2.75, 3.05) is 5.75 Å². The van der Waals surface area contributed by atoms with Crippen LogP contribution in [0.1, 0.15) is 60.9 Å². The molecule has 0 aromatic carbocycles. The van der Waals surface area contributed by atoms with E-state index in [1.807, 2.05) is 13.8 Å². The Labute approximate surface area is 128 Å². The van der Waals surface area contributed by atoms with Crippen LogP contribution in [0, 0.1) is 23.7 Å². The van der Waals surface area contributed by atoms with Gasteiger partial charge in [-0.25, -0.2) is 14.8 Å². The molecule has 1 aliphatic rings. The van der Waals surface area contributed by atoms with E-state index in [1.165, 1.54) is 11.8 Å². The lowest BCUT2D eigenvalue weighted by atomic mass is 9.93. The van der Waals surface area contributed by atoms with E-state index in [2.05, 4.69) is 16.0 Å². The Hall–Kier alpha value is -1.61. The third kappa shape index (κ3) is 3.94. The fourth-order valence-corrected chi connectivity index (χ4v) is 3.24. The number of nitrogens with zero attached hydrogens (tertiary/aromatic N) is 3. The highest BCUT2D eigenvalue weighted by atomic mass is 32.2. The van der Waals surface area contributed by atoms with E-state index in [0.29, 0.717) is 28.8 Å². The van der Waals surface area contributed by atoms with Gasteiger partial charge in [0.15, 0.2) is 0 Å². The molecule has 1 aromatic rings. The summed E-state index contributed by atoms with van der Waals surface area (Å²) in [6.45, 7) is 5.49. The largest absolute Gasteiger partial charge is 0.478 e. The predicted octanol–water partition coefficient (Wildman–Crippen LogP) is 3.39. The number of carbonyl (C=O) groups is 1. The molecule has 0 saturated heterocycles. The van der Waals surface area contributed by atoms with Crippen molar-refractivity contribution >= 4 is 17.7 Å². The van der Waals surface area contributed by atoms with Crippen molar-refractivity contribution in [3.63, 3.8) is 0 Å². The predicted molar refractivity (Wildman–Crippen MR) is 80.4 cm³/mol. The van der Waals surface area contributed by atoms with E-state index in [1.54, 1.807) is 6.92 Å². The van der Waals surface area contributed by atoms with Gasteiger partial charge in [-0.15, -0.1) is 11.8 Å². The molecular formula is C15H19N3O2S. The molecule has 0 aliphatic heterocycles. The second-order valence-corrected chi connectivity index (χ2v) is 7.10. The van der Waals surface area contributed by atoms with Gasteiger partial charge in [-0.1, -0.05) is 0 Å². The number of carboxylic acid groups (broad SMARTS) is 1. The molecule has 1 aliphatic carbocycles. The van der Waals surface area contributed by atoms with Crippen LogP contribution in [0.2, 0.25) is 0 Å². The molecule has 0 radical (unpaired) electrons. The number of hydrogen-bond donors (Lipinski definition) is 1. The number of hydrogen-bond acceptors (Lipinski definition) is 5.